The smallest absolute Gasteiger partial charge is 0.122 e. The van der Waals surface area contributed by atoms with Crippen LogP contribution in [0.1, 0.15) is 45.6 Å². The molecule has 0 saturated carbocycles. The van der Waals surface area contributed by atoms with Crippen molar-refractivity contribution in [1.82, 2.24) is 4.90 Å². The number of aliphatic hydroxyl groups excluding tert-OH is 1. The second-order valence-corrected chi connectivity index (χ2v) is 6.58. The molecule has 4 nitrogen and oxygen atoms in total. The number of aliphatic hydroxyl groups is 1. The van der Waals surface area contributed by atoms with E-state index in [1.807, 2.05) is 18.2 Å². The van der Waals surface area contributed by atoms with Gasteiger partial charge in [-0.1, -0.05) is 27.2 Å². The number of hydrogen-bond acceptors (Lipinski definition) is 4. The highest BCUT2D eigenvalue weighted by molar-refractivity contribution is 5.38. The van der Waals surface area contributed by atoms with Gasteiger partial charge in [-0.05, 0) is 43.0 Å². The molecule has 132 valence electrons. The first-order chi connectivity index (χ1) is 11.0. The minimum absolute atomic E-state index is 0.264. The van der Waals surface area contributed by atoms with E-state index < -0.39 is 0 Å². The number of benzene rings is 1. The van der Waals surface area contributed by atoms with E-state index in [9.17, 15) is 5.11 Å². The maximum atomic E-state index is 10.2. The Hall–Kier alpha value is -1.26. The van der Waals surface area contributed by atoms with Crippen LogP contribution in [0.3, 0.4) is 0 Å². The first kappa shape index (κ1) is 19.8. The van der Waals surface area contributed by atoms with Crippen LogP contribution >= 0.6 is 0 Å². The van der Waals surface area contributed by atoms with Gasteiger partial charge in [0.05, 0.1) is 20.3 Å². The van der Waals surface area contributed by atoms with E-state index in [4.69, 9.17) is 9.47 Å². The van der Waals surface area contributed by atoms with Gasteiger partial charge >= 0.3 is 0 Å². The van der Waals surface area contributed by atoms with Crippen LogP contribution in [-0.4, -0.2) is 43.4 Å². The summed E-state index contributed by atoms with van der Waals surface area (Å²) in [6.07, 6.45) is 2.71. The summed E-state index contributed by atoms with van der Waals surface area (Å²) < 4.78 is 10.7. The Morgan fingerprint density at radius 3 is 2.13 bits per heavy atom. The molecule has 1 N–H and O–H groups in total. The molecule has 0 heterocycles. The van der Waals surface area contributed by atoms with Crippen LogP contribution in [0, 0.1) is 5.92 Å². The summed E-state index contributed by atoms with van der Waals surface area (Å²) >= 11 is 0. The molecule has 0 bridgehead atoms. The van der Waals surface area contributed by atoms with Gasteiger partial charge in [-0.3, -0.25) is 4.90 Å². The second kappa shape index (κ2) is 10.5. The van der Waals surface area contributed by atoms with Crippen molar-refractivity contribution in [2.24, 2.45) is 5.92 Å². The Morgan fingerprint density at radius 2 is 1.65 bits per heavy atom. The third-order valence-electron chi connectivity index (χ3n) is 3.93. The van der Waals surface area contributed by atoms with E-state index in [-0.39, 0.29) is 6.10 Å². The van der Waals surface area contributed by atoms with Crippen molar-refractivity contribution < 1.29 is 14.6 Å². The molecule has 0 aliphatic rings. The first-order valence-corrected chi connectivity index (χ1v) is 8.60. The van der Waals surface area contributed by atoms with Gasteiger partial charge in [0.2, 0.25) is 0 Å². The summed E-state index contributed by atoms with van der Waals surface area (Å²) in [7, 11) is 3.33. The predicted octanol–water partition coefficient (Wildman–Crippen LogP) is 3.71. The van der Waals surface area contributed by atoms with Crippen LogP contribution in [0.25, 0.3) is 0 Å². The highest BCUT2D eigenvalue weighted by Gasteiger charge is 2.13. The fraction of sp³-hybridized carbons (Fsp3) is 0.684. The Bertz CT molecular complexity index is 426. The second-order valence-electron chi connectivity index (χ2n) is 6.58. The molecule has 0 unspecified atom stereocenters. The Morgan fingerprint density at radius 1 is 1.04 bits per heavy atom. The fourth-order valence-electron chi connectivity index (χ4n) is 2.61. The van der Waals surface area contributed by atoms with Crippen molar-refractivity contribution in [3.05, 3.63) is 23.8 Å². The Kier molecular flexibility index (Phi) is 9.03. The van der Waals surface area contributed by atoms with Gasteiger partial charge in [-0.2, -0.15) is 0 Å². The van der Waals surface area contributed by atoms with Crippen LogP contribution in [0.5, 0.6) is 11.5 Å². The maximum absolute atomic E-state index is 10.2. The summed E-state index contributed by atoms with van der Waals surface area (Å²) in [6.45, 7) is 9.05. The lowest BCUT2D eigenvalue weighted by Gasteiger charge is -2.26. The van der Waals surface area contributed by atoms with E-state index in [1.54, 1.807) is 14.2 Å². The molecule has 0 amide bonds. The standard InChI is InChI=1S/C19H33NO3/c1-6-7-17(21)14-20(9-8-15(2)3)13-16-10-18(22-4)12-19(11-16)23-5/h10-12,15,17,21H,6-9,13-14H2,1-5H3/t17-/m1/s1. The molecule has 1 aromatic rings. The number of nitrogens with zero attached hydrogens (tertiary/aromatic N) is 1. The fourth-order valence-corrected chi connectivity index (χ4v) is 2.61. The zero-order chi connectivity index (χ0) is 17.2. The third-order valence-corrected chi connectivity index (χ3v) is 3.93. The van der Waals surface area contributed by atoms with E-state index in [1.165, 1.54) is 0 Å². The minimum atomic E-state index is -0.264. The van der Waals surface area contributed by atoms with Crippen LogP contribution in [0.2, 0.25) is 0 Å². The van der Waals surface area contributed by atoms with Gasteiger partial charge in [-0.15, -0.1) is 0 Å². The largest absolute Gasteiger partial charge is 0.497 e. The molecule has 0 saturated heterocycles. The third kappa shape index (κ3) is 7.71. The molecular formula is C19H33NO3. The molecule has 0 radical (unpaired) electrons. The van der Waals surface area contributed by atoms with Gasteiger partial charge in [0.25, 0.3) is 0 Å². The van der Waals surface area contributed by atoms with Crippen molar-refractivity contribution in [3.8, 4) is 11.5 Å². The summed E-state index contributed by atoms with van der Waals surface area (Å²) in [5, 5.41) is 10.2. The van der Waals surface area contributed by atoms with Crippen molar-refractivity contribution in [1.29, 1.82) is 0 Å². The Labute approximate surface area is 141 Å². The molecule has 1 atom stereocenters. The van der Waals surface area contributed by atoms with Crippen molar-refractivity contribution in [2.75, 3.05) is 27.3 Å². The molecule has 0 aliphatic carbocycles. The van der Waals surface area contributed by atoms with E-state index in [0.29, 0.717) is 12.5 Å². The predicted molar refractivity (Wildman–Crippen MR) is 95.2 cm³/mol. The van der Waals surface area contributed by atoms with Crippen LogP contribution < -0.4 is 9.47 Å². The summed E-state index contributed by atoms with van der Waals surface area (Å²) in [6, 6.07) is 5.96. The zero-order valence-electron chi connectivity index (χ0n) is 15.3. The van der Waals surface area contributed by atoms with E-state index in [0.717, 1.165) is 49.4 Å². The number of rotatable bonds is 11. The molecule has 0 aromatic heterocycles. The van der Waals surface area contributed by atoms with Gasteiger partial charge in [-0.25, -0.2) is 0 Å². The molecule has 0 fully saturated rings. The Balaban J connectivity index is 2.81. The van der Waals surface area contributed by atoms with Crippen LogP contribution in [-0.2, 0) is 6.54 Å². The van der Waals surface area contributed by atoms with Crippen molar-refractivity contribution in [2.45, 2.75) is 52.7 Å². The number of hydrogen-bond donors (Lipinski definition) is 1. The number of methoxy groups -OCH3 is 2. The van der Waals surface area contributed by atoms with Crippen LogP contribution in [0.4, 0.5) is 0 Å². The SMILES string of the molecule is CCC[C@@H](O)CN(CCC(C)C)Cc1cc(OC)cc(OC)c1. The lowest BCUT2D eigenvalue weighted by molar-refractivity contribution is 0.0980. The molecule has 1 aromatic carbocycles. The van der Waals surface area contributed by atoms with Crippen LogP contribution in [0.15, 0.2) is 18.2 Å². The molecular weight excluding hydrogens is 290 g/mol. The van der Waals surface area contributed by atoms with Crippen molar-refractivity contribution in [3.63, 3.8) is 0 Å². The van der Waals surface area contributed by atoms with E-state index >= 15 is 0 Å². The highest BCUT2D eigenvalue weighted by Crippen LogP contribution is 2.23. The minimum Gasteiger partial charge on any atom is -0.497 e. The first-order valence-electron chi connectivity index (χ1n) is 8.60. The quantitative estimate of drug-likeness (QED) is 0.674. The van der Waals surface area contributed by atoms with Gasteiger partial charge in [0.1, 0.15) is 11.5 Å². The molecule has 4 heteroatoms. The number of ether oxygens (including phenoxy) is 2. The highest BCUT2D eigenvalue weighted by atomic mass is 16.5. The maximum Gasteiger partial charge on any atom is 0.122 e. The summed E-state index contributed by atoms with van der Waals surface area (Å²) in [4.78, 5) is 2.33. The lowest BCUT2D eigenvalue weighted by atomic mass is 10.1. The topological polar surface area (TPSA) is 41.9 Å². The zero-order valence-corrected chi connectivity index (χ0v) is 15.3. The van der Waals surface area contributed by atoms with Gasteiger partial charge in [0.15, 0.2) is 0 Å². The van der Waals surface area contributed by atoms with E-state index in [2.05, 4.69) is 25.7 Å². The average molecular weight is 323 g/mol. The molecule has 23 heavy (non-hydrogen) atoms. The lowest BCUT2D eigenvalue weighted by Crippen LogP contribution is -2.33. The summed E-state index contributed by atoms with van der Waals surface area (Å²) in [5.41, 5.74) is 1.15. The van der Waals surface area contributed by atoms with Gasteiger partial charge < -0.3 is 14.6 Å². The van der Waals surface area contributed by atoms with Crippen molar-refractivity contribution >= 4 is 0 Å². The normalized spacial score (nSPS) is 12.7. The van der Waals surface area contributed by atoms with Gasteiger partial charge in [0, 0.05) is 19.2 Å². The summed E-state index contributed by atoms with van der Waals surface area (Å²) in [5.74, 6) is 2.26. The monoisotopic (exact) mass is 323 g/mol. The molecule has 1 rings (SSSR count). The molecule has 0 spiro atoms. The average Bonchev–Trinajstić information content (AvgIpc) is 2.52. The molecule has 0 aliphatic heterocycles.